The Kier molecular flexibility index (Phi) is 4.75. The maximum Gasteiger partial charge on any atom is 0.124 e. The number of nitrogens with zero attached hydrogens (tertiary/aromatic N) is 2. The van der Waals surface area contributed by atoms with Crippen LogP contribution >= 0.6 is 11.3 Å². The number of fused-ring (bicyclic) bond motifs is 1. The summed E-state index contributed by atoms with van der Waals surface area (Å²) in [5.74, 6) is 0. The third-order valence-electron chi connectivity index (χ3n) is 5.37. The van der Waals surface area contributed by atoms with Crippen LogP contribution in [0.2, 0.25) is 0 Å². The summed E-state index contributed by atoms with van der Waals surface area (Å²) in [6.07, 6.45) is 2.84. The Morgan fingerprint density at radius 3 is 2.81 bits per heavy atom. The SMILES string of the molecule is C=C(CC)N1NC(=c2c(C)c3ccsc3nc2=C)CC1Cc1ccccc1. The second-order valence-corrected chi connectivity index (χ2v) is 8.02. The van der Waals surface area contributed by atoms with E-state index in [9.17, 15) is 0 Å². The third-order valence-corrected chi connectivity index (χ3v) is 6.18. The molecule has 138 valence electrons. The molecule has 0 aliphatic carbocycles. The highest BCUT2D eigenvalue weighted by atomic mass is 32.1. The molecule has 3 heterocycles. The molecule has 3 aromatic rings. The van der Waals surface area contributed by atoms with Crippen LogP contribution in [0.15, 0.2) is 54.1 Å². The second-order valence-electron chi connectivity index (χ2n) is 7.13. The van der Waals surface area contributed by atoms with Gasteiger partial charge in [-0.1, -0.05) is 50.4 Å². The minimum absolute atomic E-state index is 0.340. The minimum Gasteiger partial charge on any atom is -0.302 e. The smallest absolute Gasteiger partial charge is 0.124 e. The fraction of sp³-hybridized carbons (Fsp3) is 0.261. The van der Waals surface area contributed by atoms with Gasteiger partial charge in [0.2, 0.25) is 0 Å². The van der Waals surface area contributed by atoms with Crippen LogP contribution < -0.4 is 16.0 Å². The van der Waals surface area contributed by atoms with Gasteiger partial charge in [-0.3, -0.25) is 5.01 Å². The lowest BCUT2D eigenvalue weighted by Crippen LogP contribution is -2.39. The topological polar surface area (TPSA) is 28.2 Å². The standard InChI is InChI=1S/C23H25N3S/c1-5-15(2)26-19(13-18-9-7-6-8-10-18)14-21(25-26)22-16(3)20-11-12-27-23(20)24-17(22)4/h6-12,19,25H,2,4-5,13-14H2,1,3H3. The van der Waals surface area contributed by atoms with Crippen molar-refractivity contribution in [3.8, 4) is 0 Å². The number of aromatic nitrogens is 1. The van der Waals surface area contributed by atoms with Gasteiger partial charge in [-0.05, 0) is 42.3 Å². The van der Waals surface area contributed by atoms with Crippen molar-refractivity contribution < 1.29 is 0 Å². The summed E-state index contributed by atoms with van der Waals surface area (Å²) < 4.78 is 0. The predicted molar refractivity (Wildman–Crippen MR) is 115 cm³/mol. The van der Waals surface area contributed by atoms with Crippen molar-refractivity contribution >= 4 is 33.8 Å². The van der Waals surface area contributed by atoms with Gasteiger partial charge in [0.05, 0.1) is 11.4 Å². The van der Waals surface area contributed by atoms with Crippen molar-refractivity contribution in [2.75, 3.05) is 0 Å². The van der Waals surface area contributed by atoms with E-state index in [2.05, 4.69) is 79.2 Å². The van der Waals surface area contributed by atoms with E-state index in [-0.39, 0.29) is 0 Å². The molecule has 2 aromatic heterocycles. The summed E-state index contributed by atoms with van der Waals surface area (Å²) in [6, 6.07) is 13.2. The molecule has 0 radical (unpaired) electrons. The Hall–Kier alpha value is -2.59. The highest BCUT2D eigenvalue weighted by Crippen LogP contribution is 2.26. The van der Waals surface area contributed by atoms with Crippen LogP contribution in [0.1, 0.15) is 30.9 Å². The van der Waals surface area contributed by atoms with Crippen molar-refractivity contribution in [2.24, 2.45) is 0 Å². The molecule has 1 N–H and O–H groups in total. The molecular formula is C23H25N3S. The van der Waals surface area contributed by atoms with Crippen LogP contribution in [0.3, 0.4) is 0 Å². The first kappa shape index (κ1) is 17.8. The quantitative estimate of drug-likeness (QED) is 0.750. The van der Waals surface area contributed by atoms with Crippen LogP contribution in [0, 0.1) is 6.92 Å². The van der Waals surface area contributed by atoms with Gasteiger partial charge in [-0.15, -0.1) is 11.3 Å². The molecule has 1 unspecified atom stereocenters. The Labute approximate surface area is 164 Å². The molecule has 1 saturated heterocycles. The molecule has 0 saturated carbocycles. The highest BCUT2D eigenvalue weighted by molar-refractivity contribution is 7.16. The van der Waals surface area contributed by atoms with E-state index in [4.69, 9.17) is 4.98 Å². The molecule has 3 nitrogen and oxygen atoms in total. The lowest BCUT2D eigenvalue weighted by atomic mass is 10.0. The number of allylic oxidation sites excluding steroid dienone is 1. The molecule has 4 heteroatoms. The van der Waals surface area contributed by atoms with Gasteiger partial charge in [0.15, 0.2) is 0 Å². The summed E-state index contributed by atoms with van der Waals surface area (Å²) in [5.41, 5.74) is 8.56. The number of pyridine rings is 1. The number of hydrogen-bond donors (Lipinski definition) is 1. The first-order chi connectivity index (χ1) is 13.1. The number of nitrogens with one attached hydrogen (secondary N) is 1. The fourth-order valence-electron chi connectivity index (χ4n) is 3.93. The number of rotatable bonds is 4. The molecule has 1 aliphatic heterocycles. The number of hydrazine groups is 1. The first-order valence-corrected chi connectivity index (χ1v) is 10.3. The summed E-state index contributed by atoms with van der Waals surface area (Å²) in [5, 5.41) is 7.59. The van der Waals surface area contributed by atoms with E-state index < -0.39 is 0 Å². The predicted octanol–water partition coefficient (Wildman–Crippen LogP) is 3.87. The molecule has 0 spiro atoms. The second kappa shape index (κ2) is 7.20. The van der Waals surface area contributed by atoms with Gasteiger partial charge in [0.25, 0.3) is 0 Å². The number of benzene rings is 1. The normalized spacial score (nSPS) is 18.7. The van der Waals surface area contributed by atoms with Gasteiger partial charge in [0, 0.05) is 28.4 Å². The van der Waals surface area contributed by atoms with Crippen LogP contribution in [0.4, 0.5) is 0 Å². The van der Waals surface area contributed by atoms with E-state index in [0.29, 0.717) is 6.04 Å². The van der Waals surface area contributed by atoms with Gasteiger partial charge < -0.3 is 5.43 Å². The van der Waals surface area contributed by atoms with Crippen LogP contribution in [-0.2, 0) is 6.42 Å². The van der Waals surface area contributed by atoms with Crippen molar-refractivity contribution in [3.63, 3.8) is 0 Å². The summed E-state index contributed by atoms with van der Waals surface area (Å²) in [4.78, 5) is 5.81. The zero-order chi connectivity index (χ0) is 19.0. The van der Waals surface area contributed by atoms with Gasteiger partial charge in [-0.2, -0.15) is 0 Å². The molecule has 1 atom stereocenters. The highest BCUT2D eigenvalue weighted by Gasteiger charge is 2.29. The lowest BCUT2D eigenvalue weighted by molar-refractivity contribution is 0.249. The third kappa shape index (κ3) is 3.26. The van der Waals surface area contributed by atoms with E-state index in [1.807, 2.05) is 0 Å². The molecule has 0 bridgehead atoms. The van der Waals surface area contributed by atoms with Crippen molar-refractivity contribution in [3.05, 3.63) is 75.7 Å². The van der Waals surface area contributed by atoms with E-state index in [1.54, 1.807) is 11.3 Å². The largest absolute Gasteiger partial charge is 0.302 e. The maximum atomic E-state index is 4.75. The average Bonchev–Trinajstić information content (AvgIpc) is 3.29. The maximum absolute atomic E-state index is 4.75. The first-order valence-electron chi connectivity index (χ1n) is 9.42. The van der Waals surface area contributed by atoms with E-state index >= 15 is 0 Å². The fourth-order valence-corrected chi connectivity index (χ4v) is 4.77. The average molecular weight is 376 g/mol. The number of hydrogen-bond acceptors (Lipinski definition) is 4. The zero-order valence-electron chi connectivity index (χ0n) is 16.0. The Morgan fingerprint density at radius 2 is 2.07 bits per heavy atom. The Bertz CT molecular complexity index is 1100. The lowest BCUT2D eigenvalue weighted by Gasteiger charge is -2.27. The summed E-state index contributed by atoms with van der Waals surface area (Å²) >= 11 is 1.67. The van der Waals surface area contributed by atoms with Gasteiger partial charge >= 0.3 is 0 Å². The number of aryl methyl sites for hydroxylation is 1. The molecule has 4 rings (SSSR count). The monoisotopic (exact) mass is 375 g/mol. The molecule has 1 aliphatic rings. The van der Waals surface area contributed by atoms with E-state index in [0.717, 1.165) is 40.4 Å². The van der Waals surface area contributed by atoms with Crippen molar-refractivity contribution in [1.29, 1.82) is 0 Å². The van der Waals surface area contributed by atoms with Crippen LogP contribution in [0.5, 0.6) is 0 Å². The Balaban J connectivity index is 1.80. The van der Waals surface area contributed by atoms with Gasteiger partial charge in [-0.25, -0.2) is 4.98 Å². The number of thiophene rings is 1. The van der Waals surface area contributed by atoms with Crippen molar-refractivity contribution in [1.82, 2.24) is 15.4 Å². The Morgan fingerprint density at radius 1 is 1.30 bits per heavy atom. The molecule has 1 fully saturated rings. The minimum atomic E-state index is 0.340. The van der Waals surface area contributed by atoms with Crippen LogP contribution in [-0.4, -0.2) is 16.0 Å². The molecule has 1 aromatic carbocycles. The summed E-state index contributed by atoms with van der Waals surface area (Å²) in [7, 11) is 0. The van der Waals surface area contributed by atoms with E-state index in [1.165, 1.54) is 22.2 Å². The van der Waals surface area contributed by atoms with Crippen LogP contribution in [0.25, 0.3) is 22.5 Å². The zero-order valence-corrected chi connectivity index (χ0v) is 16.8. The summed E-state index contributed by atoms with van der Waals surface area (Å²) in [6.45, 7) is 12.9. The van der Waals surface area contributed by atoms with Gasteiger partial charge in [0.1, 0.15) is 4.83 Å². The molecule has 27 heavy (non-hydrogen) atoms. The van der Waals surface area contributed by atoms with Crippen molar-refractivity contribution in [2.45, 2.75) is 39.2 Å². The molecular weight excluding hydrogens is 350 g/mol. The molecule has 0 amide bonds.